The monoisotopic (exact) mass is 199 g/mol. The Morgan fingerprint density at radius 3 is 2.79 bits per heavy atom. The van der Waals surface area contributed by atoms with Crippen molar-refractivity contribution in [1.29, 1.82) is 0 Å². The second-order valence-electron chi connectivity index (χ2n) is 3.56. The Labute approximate surface area is 81.6 Å². The highest BCUT2D eigenvalue weighted by Gasteiger charge is 2.28. The topological polar surface area (TPSA) is 80.4 Å². The predicted octanol–water partition coefficient (Wildman–Crippen LogP) is 1.46. The van der Waals surface area contributed by atoms with Crippen LogP contribution < -0.4 is 0 Å². The van der Waals surface area contributed by atoms with Gasteiger partial charge >= 0.3 is 5.97 Å². The zero-order valence-corrected chi connectivity index (χ0v) is 7.76. The highest BCUT2D eigenvalue weighted by molar-refractivity contribution is 5.79. The molecule has 0 aromatic carbocycles. The number of allylic oxidation sites excluding steroid dienone is 1. The smallest absolute Gasteiger partial charge is 0.327 e. The van der Waals surface area contributed by atoms with Crippen LogP contribution in [-0.2, 0) is 4.79 Å². The molecule has 78 valence electrons. The van der Waals surface area contributed by atoms with Gasteiger partial charge < -0.3 is 5.11 Å². The lowest BCUT2D eigenvalue weighted by Gasteiger charge is -2.21. The molecule has 0 aromatic heterocycles. The largest absolute Gasteiger partial charge is 0.478 e. The van der Waals surface area contributed by atoms with Crippen LogP contribution in [0.15, 0.2) is 12.2 Å². The molecule has 5 heteroatoms. The van der Waals surface area contributed by atoms with Crippen LogP contribution in [0.4, 0.5) is 0 Å². The van der Waals surface area contributed by atoms with Gasteiger partial charge in [0, 0.05) is 23.8 Å². The maximum atomic E-state index is 10.5. The van der Waals surface area contributed by atoms with Crippen LogP contribution in [-0.4, -0.2) is 22.0 Å². The third-order valence-corrected chi connectivity index (χ3v) is 2.50. The van der Waals surface area contributed by atoms with Crippen molar-refractivity contribution in [3.8, 4) is 0 Å². The molecule has 1 aliphatic carbocycles. The minimum absolute atomic E-state index is 0.0512. The molecule has 0 heterocycles. The second kappa shape index (κ2) is 4.74. The van der Waals surface area contributed by atoms with Crippen molar-refractivity contribution in [2.24, 2.45) is 5.92 Å². The molecule has 1 fully saturated rings. The summed E-state index contributed by atoms with van der Waals surface area (Å²) in [5.41, 5.74) is 0. The van der Waals surface area contributed by atoms with Gasteiger partial charge in [-0.2, -0.15) is 0 Å². The molecule has 0 spiro atoms. The van der Waals surface area contributed by atoms with Gasteiger partial charge in [-0.3, -0.25) is 10.1 Å². The van der Waals surface area contributed by atoms with Crippen LogP contribution in [0.1, 0.15) is 25.7 Å². The first-order valence-electron chi connectivity index (χ1n) is 4.64. The molecule has 1 N–H and O–H groups in total. The van der Waals surface area contributed by atoms with Gasteiger partial charge in [0.25, 0.3) is 0 Å². The molecule has 1 saturated carbocycles. The number of aliphatic carboxylic acids is 1. The van der Waals surface area contributed by atoms with E-state index in [1.165, 1.54) is 0 Å². The standard InChI is InChI=1S/C9H13NO4/c11-9(12)5-4-7-2-1-3-8(6-7)10(13)14/h4-5,7-8H,1-3,6H2,(H,11,12)/b5-4+. The van der Waals surface area contributed by atoms with E-state index in [2.05, 4.69) is 0 Å². The number of carboxylic acids is 1. The summed E-state index contributed by atoms with van der Waals surface area (Å²) in [6.45, 7) is 0. The maximum Gasteiger partial charge on any atom is 0.327 e. The summed E-state index contributed by atoms with van der Waals surface area (Å²) in [6.07, 6.45) is 5.39. The SMILES string of the molecule is O=C(O)/C=C/C1CCCC([N+](=O)[O-])C1. The van der Waals surface area contributed by atoms with Crippen molar-refractivity contribution in [2.75, 3.05) is 0 Å². The molecule has 0 radical (unpaired) electrons. The molecule has 0 saturated heterocycles. The fraction of sp³-hybridized carbons (Fsp3) is 0.667. The average molecular weight is 199 g/mol. The van der Waals surface area contributed by atoms with E-state index in [1.54, 1.807) is 6.08 Å². The minimum Gasteiger partial charge on any atom is -0.478 e. The maximum absolute atomic E-state index is 10.5. The van der Waals surface area contributed by atoms with E-state index < -0.39 is 12.0 Å². The molecule has 2 atom stereocenters. The zero-order chi connectivity index (χ0) is 10.6. The summed E-state index contributed by atoms with van der Waals surface area (Å²) < 4.78 is 0. The third-order valence-electron chi connectivity index (χ3n) is 2.50. The van der Waals surface area contributed by atoms with E-state index in [0.29, 0.717) is 12.8 Å². The number of carbonyl (C=O) groups is 1. The number of carboxylic acid groups (broad SMARTS) is 1. The summed E-state index contributed by atoms with van der Waals surface area (Å²) in [7, 11) is 0. The van der Waals surface area contributed by atoms with Crippen molar-refractivity contribution >= 4 is 5.97 Å². The van der Waals surface area contributed by atoms with Gasteiger partial charge in [0.05, 0.1) is 0 Å². The molecule has 0 aromatic rings. The second-order valence-corrected chi connectivity index (χ2v) is 3.56. The fourth-order valence-corrected chi connectivity index (χ4v) is 1.79. The molecule has 1 aliphatic rings. The Balaban J connectivity index is 2.48. The van der Waals surface area contributed by atoms with Crippen molar-refractivity contribution in [3.05, 3.63) is 22.3 Å². The summed E-state index contributed by atoms with van der Waals surface area (Å²) >= 11 is 0. The lowest BCUT2D eigenvalue weighted by atomic mass is 9.86. The highest BCUT2D eigenvalue weighted by atomic mass is 16.6. The van der Waals surface area contributed by atoms with E-state index in [4.69, 9.17) is 5.11 Å². The van der Waals surface area contributed by atoms with Crippen LogP contribution in [0.5, 0.6) is 0 Å². The normalized spacial score (nSPS) is 27.7. The first-order valence-corrected chi connectivity index (χ1v) is 4.64. The Kier molecular flexibility index (Phi) is 3.62. The molecule has 1 rings (SSSR count). The highest BCUT2D eigenvalue weighted by Crippen LogP contribution is 2.26. The molecule has 14 heavy (non-hydrogen) atoms. The Morgan fingerprint density at radius 1 is 1.50 bits per heavy atom. The molecular weight excluding hydrogens is 186 g/mol. The number of nitrogens with zero attached hydrogens (tertiary/aromatic N) is 1. The van der Waals surface area contributed by atoms with Gasteiger partial charge in [-0.15, -0.1) is 0 Å². The van der Waals surface area contributed by atoms with Crippen molar-refractivity contribution < 1.29 is 14.8 Å². The van der Waals surface area contributed by atoms with E-state index in [0.717, 1.165) is 18.9 Å². The summed E-state index contributed by atoms with van der Waals surface area (Å²) in [6, 6.07) is -0.493. The van der Waals surface area contributed by atoms with E-state index in [-0.39, 0.29) is 10.8 Å². The Morgan fingerprint density at radius 2 is 2.21 bits per heavy atom. The molecule has 2 unspecified atom stereocenters. The quantitative estimate of drug-likeness (QED) is 0.424. The van der Waals surface area contributed by atoms with Gasteiger partial charge in [0.15, 0.2) is 0 Å². The van der Waals surface area contributed by atoms with Gasteiger partial charge in [-0.1, -0.05) is 6.08 Å². The predicted molar refractivity (Wildman–Crippen MR) is 49.5 cm³/mol. The lowest BCUT2D eigenvalue weighted by molar-refractivity contribution is -0.527. The molecule has 0 aliphatic heterocycles. The zero-order valence-electron chi connectivity index (χ0n) is 7.76. The number of hydrogen-bond donors (Lipinski definition) is 1. The van der Waals surface area contributed by atoms with Crippen LogP contribution in [0.3, 0.4) is 0 Å². The van der Waals surface area contributed by atoms with Crippen LogP contribution >= 0.6 is 0 Å². The number of nitro groups is 1. The van der Waals surface area contributed by atoms with E-state index in [9.17, 15) is 14.9 Å². The summed E-state index contributed by atoms with van der Waals surface area (Å²) in [4.78, 5) is 20.5. The van der Waals surface area contributed by atoms with E-state index in [1.807, 2.05) is 0 Å². The first-order chi connectivity index (χ1) is 6.59. The minimum atomic E-state index is -0.992. The van der Waals surface area contributed by atoms with Gasteiger partial charge in [0.1, 0.15) is 0 Å². The Hall–Kier alpha value is -1.39. The van der Waals surface area contributed by atoms with E-state index >= 15 is 0 Å². The fourth-order valence-electron chi connectivity index (χ4n) is 1.79. The molecule has 0 bridgehead atoms. The van der Waals surface area contributed by atoms with Crippen LogP contribution in [0.25, 0.3) is 0 Å². The van der Waals surface area contributed by atoms with Gasteiger partial charge in [0.2, 0.25) is 6.04 Å². The Bertz CT molecular complexity index is 262. The van der Waals surface area contributed by atoms with Crippen LogP contribution in [0, 0.1) is 16.0 Å². The lowest BCUT2D eigenvalue weighted by Crippen LogP contribution is -2.26. The summed E-state index contributed by atoms with van der Waals surface area (Å²) in [5.74, 6) is -0.941. The van der Waals surface area contributed by atoms with Crippen LogP contribution in [0.2, 0.25) is 0 Å². The van der Waals surface area contributed by atoms with Gasteiger partial charge in [-0.05, 0) is 18.8 Å². The molecule has 0 amide bonds. The average Bonchev–Trinajstić information content (AvgIpc) is 2.15. The molecular formula is C9H13NO4. The van der Waals surface area contributed by atoms with Crippen molar-refractivity contribution in [2.45, 2.75) is 31.7 Å². The summed E-state index contributed by atoms with van der Waals surface area (Å²) in [5, 5.41) is 18.9. The first kappa shape index (κ1) is 10.7. The van der Waals surface area contributed by atoms with Gasteiger partial charge in [-0.25, -0.2) is 4.79 Å². The molecule has 5 nitrogen and oxygen atoms in total. The number of hydrogen-bond acceptors (Lipinski definition) is 3. The third kappa shape index (κ3) is 3.16. The van der Waals surface area contributed by atoms with Crippen molar-refractivity contribution in [3.63, 3.8) is 0 Å². The van der Waals surface area contributed by atoms with Crippen molar-refractivity contribution in [1.82, 2.24) is 0 Å². The number of rotatable bonds is 3.